The van der Waals surface area contributed by atoms with E-state index in [1.807, 2.05) is 12.1 Å². The quantitative estimate of drug-likeness (QED) is 0.629. The van der Waals surface area contributed by atoms with Gasteiger partial charge in [-0.15, -0.1) is 0 Å². The number of hydrogen-bond acceptors (Lipinski definition) is 4. The van der Waals surface area contributed by atoms with Crippen molar-refractivity contribution in [1.82, 2.24) is 20.0 Å². The Hall–Kier alpha value is -2.81. The molecule has 4 amide bonds. The summed E-state index contributed by atoms with van der Waals surface area (Å²) in [4.78, 5) is 53.7. The Balaban J connectivity index is 1.42. The fourth-order valence-corrected chi connectivity index (χ4v) is 5.29. The highest BCUT2D eigenvalue weighted by Gasteiger charge is 2.43. The van der Waals surface area contributed by atoms with Crippen LogP contribution in [0.15, 0.2) is 24.3 Å². The zero-order chi connectivity index (χ0) is 23.7. The number of nitrogens with one attached hydrogen (secondary N) is 1. The Kier molecular flexibility index (Phi) is 6.78. The number of halogens is 1. The summed E-state index contributed by atoms with van der Waals surface area (Å²) in [6.07, 6.45) is 0.366. The topological polar surface area (TPSA) is 110 Å². The number of nitrogens with zero attached hydrogens (tertiary/aromatic N) is 3. The van der Waals surface area contributed by atoms with E-state index >= 15 is 0 Å². The number of carbonyl (C=O) groups excluding carboxylic acids is 3. The van der Waals surface area contributed by atoms with Crippen molar-refractivity contribution in [3.63, 3.8) is 0 Å². The van der Waals surface area contributed by atoms with E-state index < -0.39 is 12.1 Å². The summed E-state index contributed by atoms with van der Waals surface area (Å²) >= 11 is 6.03. The summed E-state index contributed by atoms with van der Waals surface area (Å²) in [5.41, 5.74) is 0.961. The zero-order valence-corrected chi connectivity index (χ0v) is 19.3. The largest absolute Gasteiger partial charge is 0.465 e. The average molecular weight is 477 g/mol. The number of likely N-dealkylation sites (tertiary alicyclic amines) is 2. The van der Waals surface area contributed by atoms with Crippen LogP contribution in [0.2, 0.25) is 5.02 Å². The first-order valence-electron chi connectivity index (χ1n) is 11.4. The highest BCUT2D eigenvalue weighted by molar-refractivity contribution is 6.30. The van der Waals surface area contributed by atoms with Gasteiger partial charge in [0.1, 0.15) is 6.04 Å². The van der Waals surface area contributed by atoms with E-state index in [1.54, 1.807) is 28.9 Å². The Morgan fingerprint density at radius 3 is 2.27 bits per heavy atom. The molecule has 1 aromatic rings. The monoisotopic (exact) mass is 476 g/mol. The van der Waals surface area contributed by atoms with Crippen molar-refractivity contribution < 1.29 is 24.3 Å². The molecule has 0 spiro atoms. The summed E-state index contributed by atoms with van der Waals surface area (Å²) in [5.74, 6) is -0.507. The van der Waals surface area contributed by atoms with E-state index in [9.17, 15) is 24.3 Å². The van der Waals surface area contributed by atoms with Crippen LogP contribution in [0, 0.1) is 5.92 Å². The molecule has 3 atom stereocenters. The number of rotatable bonds is 5. The molecule has 0 radical (unpaired) electrons. The second-order valence-corrected chi connectivity index (χ2v) is 9.40. The fourth-order valence-electron chi connectivity index (χ4n) is 5.16. The molecule has 10 heteroatoms. The lowest BCUT2D eigenvalue weighted by Crippen LogP contribution is -2.59. The van der Waals surface area contributed by atoms with Crippen molar-refractivity contribution in [1.29, 1.82) is 0 Å². The van der Waals surface area contributed by atoms with Gasteiger partial charge in [-0.2, -0.15) is 0 Å². The van der Waals surface area contributed by atoms with Gasteiger partial charge in [0.25, 0.3) is 0 Å². The number of amides is 4. The molecular weight excluding hydrogens is 448 g/mol. The number of likely N-dealkylation sites (N-methyl/N-ethyl adjacent to an activating group) is 1. The molecule has 2 N–H and O–H groups in total. The van der Waals surface area contributed by atoms with Crippen LogP contribution in [-0.4, -0.2) is 88.4 Å². The maximum atomic E-state index is 13.4. The van der Waals surface area contributed by atoms with E-state index in [0.29, 0.717) is 50.6 Å². The van der Waals surface area contributed by atoms with Crippen LogP contribution in [0.4, 0.5) is 4.79 Å². The minimum atomic E-state index is -0.995. The first kappa shape index (κ1) is 23.4. The molecule has 0 unspecified atom stereocenters. The molecule has 9 nitrogen and oxygen atoms in total. The predicted octanol–water partition coefficient (Wildman–Crippen LogP) is 1.76. The molecular formula is C23H29ClN4O5. The van der Waals surface area contributed by atoms with E-state index in [2.05, 4.69) is 5.32 Å². The number of benzene rings is 1. The SMILES string of the molecule is CCN(C(=O)O)[C@@H]1CN(C(=O)C2CCN(C(=O)[C@@H]3CC(=O)N3)CC2)C[C@H]1c1ccc(Cl)cc1. The average Bonchev–Trinajstić information content (AvgIpc) is 3.21. The van der Waals surface area contributed by atoms with E-state index in [1.165, 1.54) is 4.90 Å². The van der Waals surface area contributed by atoms with E-state index in [-0.39, 0.29) is 42.0 Å². The maximum Gasteiger partial charge on any atom is 0.407 e. The predicted molar refractivity (Wildman–Crippen MR) is 121 cm³/mol. The van der Waals surface area contributed by atoms with E-state index in [4.69, 9.17) is 11.6 Å². The Labute approximate surface area is 197 Å². The van der Waals surface area contributed by atoms with Crippen molar-refractivity contribution in [2.45, 2.75) is 44.2 Å². The van der Waals surface area contributed by atoms with Crippen LogP contribution in [0.5, 0.6) is 0 Å². The third-order valence-corrected chi connectivity index (χ3v) is 7.32. The van der Waals surface area contributed by atoms with Crippen molar-refractivity contribution >= 4 is 35.4 Å². The van der Waals surface area contributed by atoms with Crippen LogP contribution in [-0.2, 0) is 14.4 Å². The minimum Gasteiger partial charge on any atom is -0.465 e. The van der Waals surface area contributed by atoms with Crippen molar-refractivity contribution in [2.24, 2.45) is 5.92 Å². The van der Waals surface area contributed by atoms with Gasteiger partial charge in [0.15, 0.2) is 0 Å². The van der Waals surface area contributed by atoms with Gasteiger partial charge in [-0.1, -0.05) is 23.7 Å². The van der Waals surface area contributed by atoms with Crippen LogP contribution < -0.4 is 5.32 Å². The van der Waals surface area contributed by atoms with Gasteiger partial charge in [0.05, 0.1) is 12.5 Å². The lowest BCUT2D eigenvalue weighted by atomic mass is 9.93. The maximum absolute atomic E-state index is 13.4. The Morgan fingerprint density at radius 2 is 1.73 bits per heavy atom. The minimum absolute atomic E-state index is 0.0157. The van der Waals surface area contributed by atoms with Crippen LogP contribution in [0.1, 0.15) is 37.7 Å². The normalized spacial score (nSPS) is 25.4. The number of hydrogen-bond donors (Lipinski definition) is 2. The van der Waals surface area contributed by atoms with Gasteiger partial charge in [-0.25, -0.2) is 4.79 Å². The van der Waals surface area contributed by atoms with Crippen LogP contribution >= 0.6 is 11.6 Å². The molecule has 0 saturated carbocycles. The summed E-state index contributed by atoms with van der Waals surface area (Å²) in [6.45, 7) is 3.90. The molecule has 3 heterocycles. The number of carboxylic acid groups (broad SMARTS) is 1. The molecule has 3 fully saturated rings. The number of β-lactam (4-membered cyclic amide) rings is 1. The van der Waals surface area contributed by atoms with Gasteiger partial charge >= 0.3 is 6.09 Å². The summed E-state index contributed by atoms with van der Waals surface area (Å²) in [6, 6.07) is 6.60. The highest BCUT2D eigenvalue weighted by atomic mass is 35.5. The van der Waals surface area contributed by atoms with Crippen LogP contribution in [0.25, 0.3) is 0 Å². The second kappa shape index (κ2) is 9.59. The highest BCUT2D eigenvalue weighted by Crippen LogP contribution is 2.34. The zero-order valence-electron chi connectivity index (χ0n) is 18.6. The Bertz CT molecular complexity index is 923. The molecule has 0 aliphatic carbocycles. The summed E-state index contributed by atoms with van der Waals surface area (Å²) < 4.78 is 0. The second-order valence-electron chi connectivity index (χ2n) is 8.96. The molecule has 178 valence electrons. The molecule has 3 saturated heterocycles. The molecule has 3 aliphatic rings. The van der Waals surface area contributed by atoms with E-state index in [0.717, 1.165) is 5.56 Å². The molecule has 3 aliphatic heterocycles. The first-order chi connectivity index (χ1) is 15.8. The Morgan fingerprint density at radius 1 is 1.09 bits per heavy atom. The third kappa shape index (κ3) is 4.78. The van der Waals surface area contributed by atoms with Crippen molar-refractivity contribution in [2.75, 3.05) is 32.7 Å². The van der Waals surface area contributed by atoms with Crippen molar-refractivity contribution in [3.8, 4) is 0 Å². The van der Waals surface area contributed by atoms with Gasteiger partial charge in [-0.3, -0.25) is 14.4 Å². The van der Waals surface area contributed by atoms with Gasteiger partial charge in [-0.05, 0) is 37.5 Å². The number of carbonyl (C=O) groups is 4. The molecule has 0 aromatic heterocycles. The molecule has 0 bridgehead atoms. The lowest BCUT2D eigenvalue weighted by molar-refractivity contribution is -0.146. The smallest absolute Gasteiger partial charge is 0.407 e. The summed E-state index contributed by atoms with van der Waals surface area (Å²) in [7, 11) is 0. The molecule has 4 rings (SSSR count). The van der Waals surface area contributed by atoms with Crippen LogP contribution in [0.3, 0.4) is 0 Å². The standard InChI is InChI=1S/C23H29ClN4O5/c1-2-28(23(32)33)19-13-27(12-17(19)14-3-5-16(24)6-4-14)21(30)15-7-9-26(10-8-15)22(31)18-11-20(29)25-18/h3-6,15,17-19H,2,7-13H2,1H3,(H,25,29)(H,32,33)/t17-,18-,19+/m0/s1. The first-order valence-corrected chi connectivity index (χ1v) is 11.8. The lowest BCUT2D eigenvalue weighted by Gasteiger charge is -2.37. The molecule has 1 aromatic carbocycles. The summed E-state index contributed by atoms with van der Waals surface area (Å²) in [5, 5.41) is 12.9. The van der Waals surface area contributed by atoms with Gasteiger partial charge in [0, 0.05) is 49.6 Å². The molecule has 33 heavy (non-hydrogen) atoms. The number of piperidine rings is 1. The fraction of sp³-hybridized carbons (Fsp3) is 0.565. The van der Waals surface area contributed by atoms with Gasteiger partial charge < -0.3 is 25.1 Å². The van der Waals surface area contributed by atoms with Gasteiger partial charge in [0.2, 0.25) is 17.7 Å². The third-order valence-electron chi connectivity index (χ3n) is 7.06. The van der Waals surface area contributed by atoms with Crippen molar-refractivity contribution in [3.05, 3.63) is 34.9 Å².